The molecule has 0 saturated heterocycles. The van der Waals surface area contributed by atoms with Gasteiger partial charge in [-0.15, -0.1) is 0 Å². The molecule has 0 aromatic carbocycles. The summed E-state index contributed by atoms with van der Waals surface area (Å²) >= 11 is 0. The molecule has 50 heavy (non-hydrogen) atoms. The minimum Gasteiger partial charge on any atom is -0.480 e. The molecule has 294 valence electrons. The van der Waals surface area contributed by atoms with Gasteiger partial charge in [-0.05, 0) is 64.2 Å². The predicted octanol–water partition coefficient (Wildman–Crippen LogP) is 13.3. The lowest BCUT2D eigenvalue weighted by Gasteiger charge is -2.18. The Morgan fingerprint density at radius 2 is 0.860 bits per heavy atom. The van der Waals surface area contributed by atoms with E-state index < -0.39 is 5.97 Å². The lowest BCUT2D eigenvalue weighted by Crippen LogP contribution is -2.28. The first-order chi connectivity index (χ1) is 24.5. The smallest absolute Gasteiger partial charge is 0.322 e. The maximum absolute atomic E-state index is 12.7. The summed E-state index contributed by atoms with van der Waals surface area (Å²) in [6, 6.07) is 0. The number of hydrogen-bond acceptors (Lipinski definition) is 4. The van der Waals surface area contributed by atoms with Gasteiger partial charge in [-0.1, -0.05) is 174 Å². The normalized spacial score (nSPS) is 12.0. The van der Waals surface area contributed by atoms with E-state index in [9.17, 15) is 14.4 Å². The van der Waals surface area contributed by atoms with Crippen molar-refractivity contribution in [2.24, 2.45) is 0 Å². The number of ether oxygens (including phenoxy) is 1. The van der Waals surface area contributed by atoms with Gasteiger partial charge in [-0.3, -0.25) is 14.4 Å². The molecular formula is C44H83NO5. The van der Waals surface area contributed by atoms with E-state index in [0.717, 1.165) is 64.2 Å². The van der Waals surface area contributed by atoms with E-state index >= 15 is 0 Å². The van der Waals surface area contributed by atoms with Crippen LogP contribution >= 0.6 is 0 Å². The van der Waals surface area contributed by atoms with Gasteiger partial charge in [0.25, 0.3) is 0 Å². The number of carbonyl (C=O) groups is 3. The lowest BCUT2D eigenvalue weighted by atomic mass is 10.0. The summed E-state index contributed by atoms with van der Waals surface area (Å²) in [4.78, 5) is 34.9. The van der Waals surface area contributed by atoms with Gasteiger partial charge in [-0.2, -0.15) is 0 Å². The monoisotopic (exact) mass is 706 g/mol. The Labute approximate surface area is 310 Å². The highest BCUT2D eigenvalue weighted by Crippen LogP contribution is 2.19. The van der Waals surface area contributed by atoms with E-state index in [1.165, 1.54) is 148 Å². The van der Waals surface area contributed by atoms with Crippen molar-refractivity contribution in [2.75, 3.05) is 6.54 Å². The van der Waals surface area contributed by atoms with Crippen LogP contribution in [-0.2, 0) is 19.1 Å². The van der Waals surface area contributed by atoms with Crippen LogP contribution < -0.4 is 5.32 Å². The average molecular weight is 706 g/mol. The molecule has 0 spiro atoms. The highest BCUT2D eigenvalue weighted by molar-refractivity contribution is 5.80. The molecule has 0 bridgehead atoms. The molecule has 0 aromatic heterocycles. The van der Waals surface area contributed by atoms with Crippen LogP contribution in [0.4, 0.5) is 0 Å². The maximum atomic E-state index is 12.7. The van der Waals surface area contributed by atoms with Crippen molar-refractivity contribution in [2.45, 2.75) is 245 Å². The molecule has 1 unspecified atom stereocenters. The van der Waals surface area contributed by atoms with Crippen molar-refractivity contribution in [3.05, 3.63) is 12.2 Å². The third-order valence-corrected chi connectivity index (χ3v) is 9.94. The third-order valence-electron chi connectivity index (χ3n) is 9.94. The summed E-state index contributed by atoms with van der Waals surface area (Å²) in [6.45, 7) is 4.22. The van der Waals surface area contributed by atoms with Crippen molar-refractivity contribution in [1.82, 2.24) is 5.32 Å². The quantitative estimate of drug-likeness (QED) is 0.0376. The number of carboxylic acids is 1. The molecule has 1 amide bonds. The summed E-state index contributed by atoms with van der Waals surface area (Å²) in [5, 5.41) is 11.1. The van der Waals surface area contributed by atoms with E-state index in [2.05, 4.69) is 31.3 Å². The molecule has 6 nitrogen and oxygen atoms in total. The number of rotatable bonds is 40. The molecule has 0 heterocycles. The largest absolute Gasteiger partial charge is 0.480 e. The number of aliphatic carboxylic acids is 1. The first-order valence-corrected chi connectivity index (χ1v) is 21.8. The van der Waals surface area contributed by atoms with Crippen molar-refractivity contribution in [3.8, 4) is 0 Å². The number of amides is 1. The molecule has 0 rings (SSSR count). The van der Waals surface area contributed by atoms with E-state index in [4.69, 9.17) is 9.84 Å². The second-order valence-corrected chi connectivity index (χ2v) is 15.0. The third kappa shape index (κ3) is 38.9. The molecule has 0 aliphatic carbocycles. The van der Waals surface area contributed by atoms with Gasteiger partial charge in [0.15, 0.2) is 0 Å². The molecular weight excluding hydrogens is 622 g/mol. The van der Waals surface area contributed by atoms with Crippen LogP contribution in [-0.4, -0.2) is 35.6 Å². The van der Waals surface area contributed by atoms with E-state index in [-0.39, 0.29) is 24.5 Å². The van der Waals surface area contributed by atoms with Crippen LogP contribution in [0, 0.1) is 0 Å². The van der Waals surface area contributed by atoms with E-state index in [1.807, 2.05) is 0 Å². The molecule has 0 saturated carbocycles. The van der Waals surface area contributed by atoms with Gasteiger partial charge >= 0.3 is 11.9 Å². The standard InChI is InChI=1S/C44H83NO5/c1-3-5-7-9-11-12-13-14-15-16-17-18-19-20-21-22-23-24-26-31-35-39-44(49)50-41(36-32-28-25-10-8-6-4-2)37-33-29-27-30-34-38-42(46)45-40-43(47)48/h16-17,41H,3-15,18-40H2,1-2H3,(H,45,46)(H,47,48)/b17-16-. The van der Waals surface area contributed by atoms with E-state index in [0.29, 0.717) is 12.8 Å². The number of carboxylic acid groups (broad SMARTS) is 1. The van der Waals surface area contributed by atoms with Gasteiger partial charge in [0.1, 0.15) is 12.6 Å². The fourth-order valence-electron chi connectivity index (χ4n) is 6.69. The number of hydrogen-bond donors (Lipinski definition) is 2. The van der Waals surface area contributed by atoms with Crippen LogP contribution in [0.5, 0.6) is 0 Å². The van der Waals surface area contributed by atoms with Crippen molar-refractivity contribution in [1.29, 1.82) is 0 Å². The highest BCUT2D eigenvalue weighted by Gasteiger charge is 2.14. The Bertz CT molecular complexity index is 782. The number of allylic oxidation sites excluding steroid dienone is 2. The Morgan fingerprint density at radius 1 is 0.500 bits per heavy atom. The minimum atomic E-state index is -1.01. The molecule has 1 atom stereocenters. The van der Waals surface area contributed by atoms with Gasteiger partial charge < -0.3 is 15.2 Å². The summed E-state index contributed by atoms with van der Waals surface area (Å²) in [6.07, 6.45) is 46.4. The predicted molar refractivity (Wildman–Crippen MR) is 213 cm³/mol. The molecule has 0 radical (unpaired) electrons. The molecule has 2 N–H and O–H groups in total. The first-order valence-electron chi connectivity index (χ1n) is 21.8. The second kappa shape index (κ2) is 39.9. The first kappa shape index (κ1) is 48.1. The number of esters is 1. The van der Waals surface area contributed by atoms with Crippen LogP contribution in [0.2, 0.25) is 0 Å². The Morgan fingerprint density at radius 3 is 1.28 bits per heavy atom. The summed E-state index contributed by atoms with van der Waals surface area (Å²) in [7, 11) is 0. The van der Waals surface area contributed by atoms with Gasteiger partial charge in [0.2, 0.25) is 5.91 Å². The van der Waals surface area contributed by atoms with Crippen molar-refractivity contribution in [3.63, 3.8) is 0 Å². The van der Waals surface area contributed by atoms with Gasteiger partial charge in [0.05, 0.1) is 0 Å². The average Bonchev–Trinajstić information content (AvgIpc) is 3.10. The molecule has 0 aliphatic rings. The molecule has 6 heteroatoms. The number of nitrogens with one attached hydrogen (secondary N) is 1. The molecule has 0 aromatic rings. The van der Waals surface area contributed by atoms with Crippen LogP contribution in [0.15, 0.2) is 12.2 Å². The van der Waals surface area contributed by atoms with Gasteiger partial charge in [0, 0.05) is 12.8 Å². The van der Waals surface area contributed by atoms with Gasteiger partial charge in [-0.25, -0.2) is 0 Å². The van der Waals surface area contributed by atoms with Crippen LogP contribution in [0.25, 0.3) is 0 Å². The summed E-state index contributed by atoms with van der Waals surface area (Å²) in [5.41, 5.74) is 0. The zero-order valence-electron chi connectivity index (χ0n) is 33.3. The summed E-state index contributed by atoms with van der Waals surface area (Å²) in [5.74, 6) is -1.22. The fourth-order valence-corrected chi connectivity index (χ4v) is 6.69. The number of carbonyl (C=O) groups excluding carboxylic acids is 2. The van der Waals surface area contributed by atoms with Crippen LogP contribution in [0.1, 0.15) is 239 Å². The minimum absolute atomic E-state index is 0.0165. The highest BCUT2D eigenvalue weighted by atomic mass is 16.5. The van der Waals surface area contributed by atoms with E-state index in [1.54, 1.807) is 0 Å². The van der Waals surface area contributed by atoms with Crippen molar-refractivity contribution < 1.29 is 24.2 Å². The maximum Gasteiger partial charge on any atom is 0.322 e. The number of unbranched alkanes of at least 4 members (excludes halogenated alkanes) is 27. The topological polar surface area (TPSA) is 92.7 Å². The zero-order chi connectivity index (χ0) is 36.6. The SMILES string of the molecule is CCCCCCCCCC/C=C\CCCCCCCCCCCC(=O)OC(CCCCCCCCC)CCCCCCCC(=O)NCC(=O)O. The Hall–Kier alpha value is -1.85. The second-order valence-electron chi connectivity index (χ2n) is 15.0. The Kier molecular flexibility index (Phi) is 38.5. The zero-order valence-corrected chi connectivity index (χ0v) is 33.3. The van der Waals surface area contributed by atoms with Crippen molar-refractivity contribution >= 4 is 17.8 Å². The fraction of sp³-hybridized carbons (Fsp3) is 0.886. The van der Waals surface area contributed by atoms with Crippen LogP contribution in [0.3, 0.4) is 0 Å². The molecule has 0 aliphatic heterocycles. The summed E-state index contributed by atoms with van der Waals surface area (Å²) < 4.78 is 6.00. The Balaban J connectivity index is 3.90. The molecule has 0 fully saturated rings. The lowest BCUT2D eigenvalue weighted by molar-refractivity contribution is -0.150.